The van der Waals surface area contributed by atoms with Crippen molar-refractivity contribution in [1.29, 1.82) is 0 Å². The molecule has 9 nitrogen and oxygen atoms in total. The number of unbranched alkanes of at least 4 members (excludes halogenated alkanes) is 1. The summed E-state index contributed by atoms with van der Waals surface area (Å²) in [6.07, 6.45) is 1.57. The van der Waals surface area contributed by atoms with Crippen molar-refractivity contribution in [3.8, 4) is 11.5 Å². The normalized spacial score (nSPS) is 10.8. The molecule has 0 bridgehead atoms. The van der Waals surface area contributed by atoms with Crippen molar-refractivity contribution in [3.05, 3.63) is 45.1 Å². The lowest BCUT2D eigenvalue weighted by Crippen LogP contribution is -2.44. The number of nitrogens with one attached hydrogen (secondary N) is 1. The number of rotatable bonds is 10. The van der Waals surface area contributed by atoms with Gasteiger partial charge in [0.1, 0.15) is 17.3 Å². The van der Waals surface area contributed by atoms with Crippen LogP contribution in [0.3, 0.4) is 0 Å². The number of methoxy groups -OCH3 is 1. The SMILES string of the molecule is CCCCn1c(N)c(N(CC(C)C)C(=O)COc2ccc(OC)cc2)c(=O)[nH]c1=O. The van der Waals surface area contributed by atoms with E-state index in [2.05, 4.69) is 4.98 Å². The van der Waals surface area contributed by atoms with Crippen molar-refractivity contribution in [1.82, 2.24) is 9.55 Å². The fraction of sp³-hybridized carbons (Fsp3) is 0.476. The molecule has 9 heteroatoms. The number of amides is 1. The van der Waals surface area contributed by atoms with Gasteiger partial charge in [0.05, 0.1) is 7.11 Å². The van der Waals surface area contributed by atoms with Gasteiger partial charge in [-0.05, 0) is 36.6 Å². The molecule has 0 radical (unpaired) electrons. The van der Waals surface area contributed by atoms with E-state index in [-0.39, 0.29) is 30.6 Å². The maximum Gasteiger partial charge on any atom is 0.330 e. The van der Waals surface area contributed by atoms with Gasteiger partial charge in [0.15, 0.2) is 12.3 Å². The highest BCUT2D eigenvalue weighted by Gasteiger charge is 2.25. The Balaban J connectivity index is 2.33. The summed E-state index contributed by atoms with van der Waals surface area (Å²) in [6.45, 7) is 6.15. The lowest BCUT2D eigenvalue weighted by Gasteiger charge is -2.26. The Morgan fingerprint density at radius 2 is 1.83 bits per heavy atom. The lowest BCUT2D eigenvalue weighted by atomic mass is 10.2. The molecule has 0 aliphatic heterocycles. The van der Waals surface area contributed by atoms with Gasteiger partial charge in [-0.2, -0.15) is 0 Å². The van der Waals surface area contributed by atoms with Gasteiger partial charge in [-0.3, -0.25) is 19.1 Å². The molecule has 30 heavy (non-hydrogen) atoms. The molecule has 0 spiro atoms. The van der Waals surface area contributed by atoms with Crippen LogP contribution in [0.1, 0.15) is 33.6 Å². The third-order valence-electron chi connectivity index (χ3n) is 4.49. The molecule has 0 aliphatic carbocycles. The van der Waals surface area contributed by atoms with E-state index in [9.17, 15) is 14.4 Å². The van der Waals surface area contributed by atoms with Gasteiger partial charge in [0, 0.05) is 13.1 Å². The van der Waals surface area contributed by atoms with Gasteiger partial charge in [0.2, 0.25) is 0 Å². The Morgan fingerprint density at radius 1 is 1.20 bits per heavy atom. The van der Waals surface area contributed by atoms with Crippen LogP contribution in [0.4, 0.5) is 11.5 Å². The monoisotopic (exact) mass is 418 g/mol. The lowest BCUT2D eigenvalue weighted by molar-refractivity contribution is -0.120. The maximum atomic E-state index is 13.0. The molecule has 164 valence electrons. The van der Waals surface area contributed by atoms with Gasteiger partial charge in [-0.15, -0.1) is 0 Å². The number of benzene rings is 1. The Kier molecular flexibility index (Phi) is 8.08. The highest BCUT2D eigenvalue weighted by molar-refractivity contribution is 5.96. The topological polar surface area (TPSA) is 120 Å². The van der Waals surface area contributed by atoms with Crippen LogP contribution in [-0.4, -0.2) is 35.7 Å². The number of carbonyl (C=O) groups is 1. The molecule has 1 heterocycles. The predicted octanol–water partition coefficient (Wildman–Crippen LogP) is 2.00. The van der Waals surface area contributed by atoms with E-state index in [1.165, 1.54) is 9.47 Å². The molecule has 0 fully saturated rings. The summed E-state index contributed by atoms with van der Waals surface area (Å²) in [5.41, 5.74) is 4.88. The van der Waals surface area contributed by atoms with Crippen LogP contribution < -0.4 is 31.4 Å². The summed E-state index contributed by atoms with van der Waals surface area (Å²) in [5.74, 6) is 0.769. The summed E-state index contributed by atoms with van der Waals surface area (Å²) >= 11 is 0. The van der Waals surface area contributed by atoms with Crippen molar-refractivity contribution in [2.75, 3.05) is 30.9 Å². The number of ether oxygens (including phenoxy) is 2. The average Bonchev–Trinajstić information content (AvgIpc) is 2.71. The zero-order chi connectivity index (χ0) is 22.3. The first-order valence-corrected chi connectivity index (χ1v) is 9.98. The van der Waals surface area contributed by atoms with Gasteiger partial charge < -0.3 is 20.1 Å². The zero-order valence-corrected chi connectivity index (χ0v) is 17.9. The second kappa shape index (κ2) is 10.5. The van der Waals surface area contributed by atoms with E-state index in [0.717, 1.165) is 6.42 Å². The first kappa shape index (κ1) is 23.1. The van der Waals surface area contributed by atoms with Crippen molar-refractivity contribution < 1.29 is 14.3 Å². The third-order valence-corrected chi connectivity index (χ3v) is 4.49. The Hall–Kier alpha value is -3.23. The minimum atomic E-state index is -0.691. The molecule has 2 aromatic rings. The van der Waals surface area contributed by atoms with E-state index in [0.29, 0.717) is 24.5 Å². The van der Waals surface area contributed by atoms with Crippen molar-refractivity contribution >= 4 is 17.4 Å². The first-order valence-electron chi connectivity index (χ1n) is 9.98. The van der Waals surface area contributed by atoms with Crippen LogP contribution in [0.5, 0.6) is 11.5 Å². The van der Waals surface area contributed by atoms with Gasteiger partial charge in [0.25, 0.3) is 11.5 Å². The van der Waals surface area contributed by atoms with Crippen LogP contribution in [0.25, 0.3) is 0 Å². The predicted molar refractivity (Wildman–Crippen MR) is 116 cm³/mol. The van der Waals surface area contributed by atoms with E-state index in [1.54, 1.807) is 31.4 Å². The van der Waals surface area contributed by atoms with Crippen molar-refractivity contribution in [2.24, 2.45) is 5.92 Å². The molecule has 0 aliphatic rings. The average molecular weight is 418 g/mol. The number of carbonyl (C=O) groups excluding carboxylic acids is 1. The molecular weight excluding hydrogens is 388 g/mol. The van der Waals surface area contributed by atoms with Gasteiger partial charge >= 0.3 is 5.69 Å². The molecule has 2 rings (SSSR count). The summed E-state index contributed by atoms with van der Waals surface area (Å²) in [4.78, 5) is 41.3. The zero-order valence-electron chi connectivity index (χ0n) is 17.9. The molecule has 0 unspecified atom stereocenters. The Bertz CT molecular complexity index is 963. The van der Waals surface area contributed by atoms with E-state index in [1.807, 2.05) is 20.8 Å². The first-order chi connectivity index (χ1) is 14.3. The maximum absolute atomic E-state index is 13.0. The third kappa shape index (κ3) is 5.65. The second-order valence-electron chi connectivity index (χ2n) is 7.36. The molecule has 1 amide bonds. The molecule has 0 atom stereocenters. The largest absolute Gasteiger partial charge is 0.497 e. The molecule has 0 saturated carbocycles. The Labute approximate surface area is 175 Å². The van der Waals surface area contributed by atoms with Crippen molar-refractivity contribution in [2.45, 2.75) is 40.2 Å². The number of anilines is 2. The number of aromatic amines is 1. The standard InChI is InChI=1S/C21H30N4O5/c1-5-6-11-24-19(22)18(20(27)23-21(24)28)25(12-14(2)3)17(26)13-30-16-9-7-15(29-4)8-10-16/h7-10,14H,5-6,11-13,22H2,1-4H3,(H,23,27,28). The van der Waals surface area contributed by atoms with Gasteiger partial charge in [-0.1, -0.05) is 27.2 Å². The number of nitrogen functional groups attached to an aromatic ring is 1. The number of aromatic nitrogens is 2. The molecule has 1 aromatic carbocycles. The highest BCUT2D eigenvalue weighted by atomic mass is 16.5. The fourth-order valence-electron chi connectivity index (χ4n) is 2.95. The van der Waals surface area contributed by atoms with Crippen LogP contribution in [0, 0.1) is 5.92 Å². The van der Waals surface area contributed by atoms with Crippen LogP contribution in [0.2, 0.25) is 0 Å². The number of H-pyrrole nitrogens is 1. The van der Waals surface area contributed by atoms with E-state index < -0.39 is 17.2 Å². The second-order valence-corrected chi connectivity index (χ2v) is 7.36. The number of nitrogens with zero attached hydrogens (tertiary/aromatic N) is 2. The van der Waals surface area contributed by atoms with Crippen LogP contribution in [0.15, 0.2) is 33.9 Å². The molecule has 3 N–H and O–H groups in total. The van der Waals surface area contributed by atoms with Gasteiger partial charge in [-0.25, -0.2) is 4.79 Å². The summed E-state index contributed by atoms with van der Waals surface area (Å²) in [6, 6.07) is 6.81. The highest BCUT2D eigenvalue weighted by Crippen LogP contribution is 2.20. The summed E-state index contributed by atoms with van der Waals surface area (Å²) in [5, 5.41) is 0. The fourth-order valence-corrected chi connectivity index (χ4v) is 2.95. The smallest absolute Gasteiger partial charge is 0.330 e. The van der Waals surface area contributed by atoms with Crippen LogP contribution in [-0.2, 0) is 11.3 Å². The minimum absolute atomic E-state index is 0.0179. The molecule has 0 saturated heterocycles. The number of hydrogen-bond donors (Lipinski definition) is 2. The quantitative estimate of drug-likeness (QED) is 0.609. The van der Waals surface area contributed by atoms with Crippen molar-refractivity contribution in [3.63, 3.8) is 0 Å². The molecular formula is C21H30N4O5. The van der Waals surface area contributed by atoms with Crippen LogP contribution >= 0.6 is 0 Å². The van der Waals surface area contributed by atoms with E-state index >= 15 is 0 Å². The van der Waals surface area contributed by atoms with E-state index in [4.69, 9.17) is 15.2 Å². The number of hydrogen-bond acceptors (Lipinski definition) is 6. The number of nitrogens with two attached hydrogens (primary N) is 1. The molecule has 1 aromatic heterocycles. The minimum Gasteiger partial charge on any atom is -0.497 e. The summed E-state index contributed by atoms with van der Waals surface area (Å²) in [7, 11) is 1.56. The summed E-state index contributed by atoms with van der Waals surface area (Å²) < 4.78 is 12.0. The Morgan fingerprint density at radius 3 is 2.40 bits per heavy atom.